The molecule has 2 unspecified atom stereocenters. The Kier molecular flexibility index (Phi) is 6.22. The zero-order valence-corrected chi connectivity index (χ0v) is 13.4. The minimum absolute atomic E-state index is 0.0562. The minimum Gasteiger partial charge on any atom is -0.395 e. The van der Waals surface area contributed by atoms with E-state index in [0.717, 1.165) is 19.0 Å². The topological polar surface area (TPSA) is 49.5 Å². The Morgan fingerprint density at radius 3 is 2.33 bits per heavy atom. The average Bonchev–Trinajstić information content (AvgIpc) is 2.50. The largest absolute Gasteiger partial charge is 0.395 e. The van der Waals surface area contributed by atoms with Gasteiger partial charge in [-0.1, -0.05) is 44.2 Å². The third kappa shape index (κ3) is 4.53. The third-order valence-electron chi connectivity index (χ3n) is 4.89. The van der Waals surface area contributed by atoms with Crippen LogP contribution < -0.4 is 5.73 Å². The van der Waals surface area contributed by atoms with Gasteiger partial charge in [0.1, 0.15) is 0 Å². The molecule has 3 N–H and O–H groups in total. The average molecular weight is 290 g/mol. The first-order chi connectivity index (χ1) is 10.1. The van der Waals surface area contributed by atoms with Crippen LogP contribution in [-0.2, 0) is 6.42 Å². The number of nitrogens with two attached hydrogens (primary N) is 1. The Morgan fingerprint density at radius 1 is 1.19 bits per heavy atom. The van der Waals surface area contributed by atoms with Crippen LogP contribution in [0.3, 0.4) is 0 Å². The summed E-state index contributed by atoms with van der Waals surface area (Å²) in [5, 5.41) is 9.68. The maximum Gasteiger partial charge on any atom is 0.0602 e. The van der Waals surface area contributed by atoms with Crippen molar-refractivity contribution in [1.29, 1.82) is 0 Å². The highest BCUT2D eigenvalue weighted by Gasteiger charge is 2.29. The summed E-state index contributed by atoms with van der Waals surface area (Å²) in [5.74, 6) is 1.17. The smallest absolute Gasteiger partial charge is 0.0602 e. The molecule has 0 spiro atoms. The highest BCUT2D eigenvalue weighted by atomic mass is 16.3. The highest BCUT2D eigenvalue weighted by molar-refractivity contribution is 5.15. The molecule has 2 atom stereocenters. The van der Waals surface area contributed by atoms with E-state index in [4.69, 9.17) is 5.73 Å². The fraction of sp³-hybridized carbons (Fsp3) is 0.667. The van der Waals surface area contributed by atoms with Gasteiger partial charge in [-0.2, -0.15) is 0 Å². The van der Waals surface area contributed by atoms with Gasteiger partial charge in [-0.05, 0) is 49.8 Å². The molecule has 0 saturated carbocycles. The molecule has 1 aromatic rings. The van der Waals surface area contributed by atoms with E-state index in [1.54, 1.807) is 0 Å². The van der Waals surface area contributed by atoms with Gasteiger partial charge < -0.3 is 10.8 Å². The quantitative estimate of drug-likeness (QED) is 0.845. The maximum atomic E-state index is 9.68. The van der Waals surface area contributed by atoms with Crippen LogP contribution in [0.15, 0.2) is 30.3 Å². The minimum atomic E-state index is 0.0562. The molecule has 3 heteroatoms. The summed E-state index contributed by atoms with van der Waals surface area (Å²) in [4.78, 5) is 2.40. The van der Waals surface area contributed by atoms with E-state index in [9.17, 15) is 5.11 Å². The molecular weight excluding hydrogens is 260 g/mol. The molecule has 3 nitrogen and oxygen atoms in total. The summed E-state index contributed by atoms with van der Waals surface area (Å²) in [6, 6.07) is 10.9. The predicted molar refractivity (Wildman–Crippen MR) is 88.1 cm³/mol. The van der Waals surface area contributed by atoms with Crippen LogP contribution in [0.25, 0.3) is 0 Å². The van der Waals surface area contributed by atoms with Crippen LogP contribution in [-0.4, -0.2) is 41.8 Å². The third-order valence-corrected chi connectivity index (χ3v) is 4.89. The Balaban J connectivity index is 1.85. The van der Waals surface area contributed by atoms with Crippen molar-refractivity contribution in [3.05, 3.63) is 35.9 Å². The first kappa shape index (κ1) is 16.5. The number of piperidine rings is 1. The second-order valence-corrected chi connectivity index (χ2v) is 6.74. The number of likely N-dealkylation sites (tertiary alicyclic amines) is 1. The number of hydrogen-bond donors (Lipinski definition) is 2. The van der Waals surface area contributed by atoms with Gasteiger partial charge in [0.05, 0.1) is 6.61 Å². The van der Waals surface area contributed by atoms with Crippen LogP contribution in [0, 0.1) is 11.8 Å². The van der Waals surface area contributed by atoms with Gasteiger partial charge in [0.15, 0.2) is 0 Å². The Morgan fingerprint density at radius 2 is 1.81 bits per heavy atom. The molecule has 1 aromatic carbocycles. The lowest BCUT2D eigenvalue weighted by Crippen LogP contribution is -2.54. The van der Waals surface area contributed by atoms with Gasteiger partial charge >= 0.3 is 0 Å². The monoisotopic (exact) mass is 290 g/mol. The van der Waals surface area contributed by atoms with Crippen molar-refractivity contribution in [3.63, 3.8) is 0 Å². The summed E-state index contributed by atoms with van der Waals surface area (Å²) >= 11 is 0. The van der Waals surface area contributed by atoms with Gasteiger partial charge in [-0.3, -0.25) is 4.90 Å². The van der Waals surface area contributed by atoms with Crippen LogP contribution >= 0.6 is 0 Å². The highest BCUT2D eigenvalue weighted by Crippen LogP contribution is 2.24. The SMILES string of the molecule is CC(C)C(N)C(CO)N1CCC(Cc2ccccc2)CC1. The maximum absolute atomic E-state index is 9.68. The molecule has 1 aliphatic rings. The zero-order chi connectivity index (χ0) is 15.2. The van der Waals surface area contributed by atoms with Crippen molar-refractivity contribution in [2.45, 2.75) is 45.2 Å². The lowest BCUT2D eigenvalue weighted by molar-refractivity contribution is 0.0620. The van der Waals surface area contributed by atoms with Crippen LogP contribution in [0.5, 0.6) is 0 Å². The van der Waals surface area contributed by atoms with E-state index in [1.807, 2.05) is 0 Å². The zero-order valence-electron chi connectivity index (χ0n) is 13.4. The summed E-state index contributed by atoms with van der Waals surface area (Å²) in [5.41, 5.74) is 7.70. The van der Waals surface area contributed by atoms with Crippen LogP contribution in [0.4, 0.5) is 0 Å². The number of nitrogens with zero attached hydrogens (tertiary/aromatic N) is 1. The van der Waals surface area contributed by atoms with Gasteiger partial charge in [0.25, 0.3) is 0 Å². The number of hydrogen-bond acceptors (Lipinski definition) is 3. The van der Waals surface area contributed by atoms with E-state index in [2.05, 4.69) is 49.1 Å². The van der Waals surface area contributed by atoms with Crippen molar-refractivity contribution in [3.8, 4) is 0 Å². The van der Waals surface area contributed by atoms with Crippen molar-refractivity contribution in [2.75, 3.05) is 19.7 Å². The second-order valence-electron chi connectivity index (χ2n) is 6.74. The van der Waals surface area contributed by atoms with Gasteiger partial charge in [-0.15, -0.1) is 0 Å². The Hall–Kier alpha value is -0.900. The van der Waals surface area contributed by atoms with Gasteiger partial charge in [-0.25, -0.2) is 0 Å². The molecule has 1 aliphatic heterocycles. The molecular formula is C18H30N2O. The van der Waals surface area contributed by atoms with E-state index in [-0.39, 0.29) is 18.7 Å². The molecule has 118 valence electrons. The molecule has 0 radical (unpaired) electrons. The lowest BCUT2D eigenvalue weighted by Gasteiger charge is -2.40. The first-order valence-electron chi connectivity index (χ1n) is 8.26. The summed E-state index contributed by atoms with van der Waals surface area (Å²) in [6.07, 6.45) is 3.58. The van der Waals surface area contributed by atoms with Crippen molar-refractivity contribution in [1.82, 2.24) is 4.90 Å². The molecule has 1 fully saturated rings. The molecule has 2 rings (SSSR count). The molecule has 0 aliphatic carbocycles. The van der Waals surface area contributed by atoms with E-state index in [1.165, 1.54) is 24.8 Å². The fourth-order valence-electron chi connectivity index (χ4n) is 3.36. The van der Waals surface area contributed by atoms with Crippen molar-refractivity contribution >= 4 is 0 Å². The number of aliphatic hydroxyl groups excluding tert-OH is 1. The Labute approximate surface area is 129 Å². The fourth-order valence-corrected chi connectivity index (χ4v) is 3.36. The number of benzene rings is 1. The standard InChI is InChI=1S/C18H30N2O/c1-14(2)18(19)17(13-21)20-10-8-16(9-11-20)12-15-6-4-3-5-7-15/h3-7,14,16-18,21H,8-13,19H2,1-2H3. The molecule has 0 amide bonds. The molecule has 0 bridgehead atoms. The van der Waals surface area contributed by atoms with E-state index >= 15 is 0 Å². The van der Waals surface area contributed by atoms with E-state index in [0.29, 0.717) is 5.92 Å². The normalized spacial score (nSPS) is 20.6. The number of aliphatic hydroxyl groups is 1. The summed E-state index contributed by atoms with van der Waals surface area (Å²) in [6.45, 7) is 6.56. The van der Waals surface area contributed by atoms with Gasteiger partial charge in [0, 0.05) is 12.1 Å². The summed E-state index contributed by atoms with van der Waals surface area (Å²) < 4.78 is 0. The molecule has 21 heavy (non-hydrogen) atoms. The second kappa shape index (κ2) is 7.92. The van der Waals surface area contributed by atoms with Crippen molar-refractivity contribution in [2.24, 2.45) is 17.6 Å². The van der Waals surface area contributed by atoms with E-state index < -0.39 is 0 Å². The predicted octanol–water partition coefficient (Wildman–Crippen LogP) is 2.29. The molecule has 1 saturated heterocycles. The molecule has 1 heterocycles. The van der Waals surface area contributed by atoms with Crippen molar-refractivity contribution < 1.29 is 5.11 Å². The lowest BCUT2D eigenvalue weighted by atomic mass is 9.88. The Bertz CT molecular complexity index is 399. The number of rotatable bonds is 6. The van der Waals surface area contributed by atoms with Crippen LogP contribution in [0.1, 0.15) is 32.3 Å². The van der Waals surface area contributed by atoms with Gasteiger partial charge in [0.2, 0.25) is 0 Å². The molecule has 0 aromatic heterocycles. The van der Waals surface area contributed by atoms with Crippen LogP contribution in [0.2, 0.25) is 0 Å². The first-order valence-corrected chi connectivity index (χ1v) is 8.26. The summed E-state index contributed by atoms with van der Waals surface area (Å²) in [7, 11) is 0.